The van der Waals surface area contributed by atoms with Crippen molar-refractivity contribution in [2.24, 2.45) is 0 Å². The number of methoxy groups -OCH3 is 2. The Hall–Kier alpha value is -3.32. The minimum atomic E-state index is -0.248. The van der Waals surface area contributed by atoms with Crippen molar-refractivity contribution in [3.8, 4) is 11.5 Å². The second-order valence-electron chi connectivity index (χ2n) is 5.62. The van der Waals surface area contributed by atoms with Gasteiger partial charge >= 0.3 is 0 Å². The van der Waals surface area contributed by atoms with Crippen LogP contribution in [0.3, 0.4) is 0 Å². The molecule has 7 heteroatoms. The summed E-state index contributed by atoms with van der Waals surface area (Å²) in [6.45, 7) is 0. The molecule has 0 bridgehead atoms. The van der Waals surface area contributed by atoms with Crippen LogP contribution >= 0.6 is 11.8 Å². The van der Waals surface area contributed by atoms with Crippen molar-refractivity contribution in [3.63, 3.8) is 0 Å². The Morgan fingerprint density at radius 3 is 2.39 bits per heavy atom. The number of amides is 1. The molecule has 1 N–H and O–H groups in total. The standard InChI is InChI=1S/C21H19N3O3S/c1-26-17-11-15(12-18(14-17)27-2)6-7-19(25)24-16-8-10-23-21(13-16)28-20-5-3-4-9-22-20/h3-14H,1-2H3,(H,23,24,25)/b7-6+. The van der Waals surface area contributed by atoms with E-state index in [0.29, 0.717) is 17.2 Å². The summed E-state index contributed by atoms with van der Waals surface area (Å²) in [6.07, 6.45) is 6.54. The van der Waals surface area contributed by atoms with Crippen LogP contribution in [-0.2, 0) is 4.79 Å². The lowest BCUT2D eigenvalue weighted by molar-refractivity contribution is -0.111. The van der Waals surface area contributed by atoms with Crippen molar-refractivity contribution < 1.29 is 14.3 Å². The Balaban J connectivity index is 1.66. The molecule has 0 saturated carbocycles. The predicted molar refractivity (Wildman–Crippen MR) is 110 cm³/mol. The molecule has 28 heavy (non-hydrogen) atoms. The van der Waals surface area contributed by atoms with Crippen molar-refractivity contribution >= 4 is 29.4 Å². The van der Waals surface area contributed by atoms with Crippen LogP contribution in [0, 0.1) is 0 Å². The van der Waals surface area contributed by atoms with Crippen molar-refractivity contribution in [1.29, 1.82) is 0 Å². The fourth-order valence-electron chi connectivity index (χ4n) is 2.34. The number of hydrogen-bond donors (Lipinski definition) is 1. The molecule has 0 aliphatic rings. The van der Waals surface area contributed by atoms with E-state index in [1.165, 1.54) is 17.8 Å². The molecule has 142 valence electrons. The van der Waals surface area contributed by atoms with Crippen LogP contribution < -0.4 is 14.8 Å². The van der Waals surface area contributed by atoms with Gasteiger partial charge in [-0.1, -0.05) is 17.8 Å². The number of carbonyl (C=O) groups is 1. The summed E-state index contributed by atoms with van der Waals surface area (Å²) in [5.74, 6) is 1.07. The van der Waals surface area contributed by atoms with Crippen molar-refractivity contribution in [2.45, 2.75) is 10.1 Å². The maximum atomic E-state index is 12.3. The molecule has 2 aromatic heterocycles. The lowest BCUT2D eigenvalue weighted by atomic mass is 10.2. The first-order valence-corrected chi connectivity index (χ1v) is 9.25. The van der Waals surface area contributed by atoms with Gasteiger partial charge in [0.2, 0.25) is 5.91 Å². The van der Waals surface area contributed by atoms with E-state index >= 15 is 0 Å². The molecule has 3 rings (SSSR count). The second-order valence-corrected chi connectivity index (χ2v) is 6.66. The largest absolute Gasteiger partial charge is 0.497 e. The number of hydrogen-bond acceptors (Lipinski definition) is 6. The highest BCUT2D eigenvalue weighted by atomic mass is 32.2. The first-order valence-electron chi connectivity index (χ1n) is 8.43. The monoisotopic (exact) mass is 393 g/mol. The van der Waals surface area contributed by atoms with E-state index in [-0.39, 0.29) is 5.91 Å². The second kappa shape index (κ2) is 9.57. The number of benzene rings is 1. The number of nitrogens with zero attached hydrogens (tertiary/aromatic N) is 2. The average molecular weight is 393 g/mol. The third kappa shape index (κ3) is 5.59. The van der Waals surface area contributed by atoms with Gasteiger partial charge < -0.3 is 14.8 Å². The zero-order chi connectivity index (χ0) is 19.8. The van der Waals surface area contributed by atoms with E-state index in [2.05, 4.69) is 15.3 Å². The molecule has 0 spiro atoms. The maximum absolute atomic E-state index is 12.3. The van der Waals surface area contributed by atoms with Crippen LogP contribution in [0.4, 0.5) is 5.69 Å². The minimum Gasteiger partial charge on any atom is -0.497 e. The van der Waals surface area contributed by atoms with Crippen LogP contribution in [0.25, 0.3) is 6.08 Å². The fraction of sp³-hybridized carbons (Fsp3) is 0.0952. The third-order valence-electron chi connectivity index (χ3n) is 3.65. The van der Waals surface area contributed by atoms with Gasteiger partial charge in [0.05, 0.1) is 14.2 Å². The number of rotatable bonds is 7. The van der Waals surface area contributed by atoms with E-state index in [0.717, 1.165) is 15.6 Å². The summed E-state index contributed by atoms with van der Waals surface area (Å²) in [4.78, 5) is 20.8. The van der Waals surface area contributed by atoms with Gasteiger partial charge in [0, 0.05) is 30.2 Å². The highest BCUT2D eigenvalue weighted by Gasteiger charge is 2.04. The van der Waals surface area contributed by atoms with E-state index in [1.54, 1.807) is 50.9 Å². The van der Waals surface area contributed by atoms with Gasteiger partial charge in [0.15, 0.2) is 0 Å². The Morgan fingerprint density at radius 2 is 1.71 bits per heavy atom. The lowest BCUT2D eigenvalue weighted by Crippen LogP contribution is -2.07. The molecule has 0 fully saturated rings. The summed E-state index contributed by atoms with van der Waals surface area (Å²) in [7, 11) is 3.16. The van der Waals surface area contributed by atoms with Crippen LogP contribution in [0.2, 0.25) is 0 Å². The molecule has 0 aliphatic carbocycles. The number of anilines is 1. The molecule has 0 saturated heterocycles. The molecule has 2 heterocycles. The number of pyridine rings is 2. The Kier molecular flexibility index (Phi) is 6.64. The van der Waals surface area contributed by atoms with Gasteiger partial charge in [-0.15, -0.1) is 0 Å². The Morgan fingerprint density at radius 1 is 0.964 bits per heavy atom. The Bertz CT molecular complexity index is 955. The van der Waals surface area contributed by atoms with E-state index in [1.807, 2.05) is 30.3 Å². The minimum absolute atomic E-state index is 0.248. The fourth-order valence-corrected chi connectivity index (χ4v) is 3.11. The smallest absolute Gasteiger partial charge is 0.248 e. The molecule has 1 amide bonds. The molecule has 1 aromatic carbocycles. The van der Waals surface area contributed by atoms with Crippen LogP contribution in [0.15, 0.2) is 77.1 Å². The topological polar surface area (TPSA) is 73.3 Å². The molecule has 0 atom stereocenters. The van der Waals surface area contributed by atoms with Gasteiger partial charge in [-0.2, -0.15) is 0 Å². The zero-order valence-corrected chi connectivity index (χ0v) is 16.3. The maximum Gasteiger partial charge on any atom is 0.248 e. The summed E-state index contributed by atoms with van der Waals surface area (Å²) in [5.41, 5.74) is 1.46. The molecular formula is C21H19N3O3S. The third-order valence-corrected chi connectivity index (χ3v) is 4.53. The molecule has 6 nitrogen and oxygen atoms in total. The van der Waals surface area contributed by atoms with Crippen LogP contribution in [0.1, 0.15) is 5.56 Å². The van der Waals surface area contributed by atoms with Crippen LogP contribution in [-0.4, -0.2) is 30.1 Å². The Labute approximate surface area is 167 Å². The van der Waals surface area contributed by atoms with Gasteiger partial charge in [0.25, 0.3) is 0 Å². The first kappa shape index (κ1) is 19.4. The zero-order valence-electron chi connectivity index (χ0n) is 15.5. The first-order chi connectivity index (χ1) is 13.7. The summed E-state index contributed by atoms with van der Waals surface area (Å²) >= 11 is 1.43. The van der Waals surface area contributed by atoms with E-state index < -0.39 is 0 Å². The van der Waals surface area contributed by atoms with Crippen molar-refractivity contribution in [2.75, 3.05) is 19.5 Å². The molecule has 3 aromatic rings. The number of ether oxygens (including phenoxy) is 2. The number of carbonyl (C=O) groups excluding carboxylic acids is 1. The SMILES string of the molecule is COc1cc(/C=C/C(=O)Nc2ccnc(Sc3ccccn3)c2)cc(OC)c1. The van der Waals surface area contributed by atoms with Gasteiger partial charge in [-0.25, -0.2) is 9.97 Å². The molecule has 0 aliphatic heterocycles. The van der Waals surface area contributed by atoms with Crippen LogP contribution in [0.5, 0.6) is 11.5 Å². The van der Waals surface area contributed by atoms with Crippen molar-refractivity contribution in [3.05, 3.63) is 72.6 Å². The highest BCUT2D eigenvalue weighted by Crippen LogP contribution is 2.26. The van der Waals surface area contributed by atoms with Gasteiger partial charge in [-0.05, 0) is 48.0 Å². The normalized spacial score (nSPS) is 10.6. The predicted octanol–water partition coefficient (Wildman–Crippen LogP) is 4.30. The quantitative estimate of drug-likeness (QED) is 0.604. The lowest BCUT2D eigenvalue weighted by Gasteiger charge is -2.06. The number of aromatic nitrogens is 2. The number of nitrogens with one attached hydrogen (secondary N) is 1. The van der Waals surface area contributed by atoms with E-state index in [4.69, 9.17) is 9.47 Å². The summed E-state index contributed by atoms with van der Waals surface area (Å²) in [6, 6.07) is 14.6. The average Bonchev–Trinajstić information content (AvgIpc) is 2.73. The molecular weight excluding hydrogens is 374 g/mol. The van der Waals surface area contributed by atoms with Gasteiger partial charge in [0.1, 0.15) is 21.6 Å². The highest BCUT2D eigenvalue weighted by molar-refractivity contribution is 7.99. The molecule has 0 unspecified atom stereocenters. The van der Waals surface area contributed by atoms with Gasteiger partial charge in [-0.3, -0.25) is 4.79 Å². The van der Waals surface area contributed by atoms with E-state index in [9.17, 15) is 4.79 Å². The summed E-state index contributed by atoms with van der Waals surface area (Å²) < 4.78 is 10.5. The van der Waals surface area contributed by atoms with Crippen molar-refractivity contribution in [1.82, 2.24) is 9.97 Å². The molecule has 0 radical (unpaired) electrons. The summed E-state index contributed by atoms with van der Waals surface area (Å²) in [5, 5.41) is 4.42.